The van der Waals surface area contributed by atoms with Gasteiger partial charge in [-0.05, 0) is 19.8 Å². The molecule has 2 aliphatic rings. The first-order valence-corrected chi connectivity index (χ1v) is 15.1. The second-order valence-corrected chi connectivity index (χ2v) is 11.3. The van der Waals surface area contributed by atoms with Crippen LogP contribution in [0.2, 0.25) is 0 Å². The summed E-state index contributed by atoms with van der Waals surface area (Å²) < 4.78 is 29.1. The lowest BCUT2D eigenvalue weighted by Gasteiger charge is -2.45. The second-order valence-electron chi connectivity index (χ2n) is 11.3. The molecule has 260 valence electrons. The third-order valence-corrected chi connectivity index (χ3v) is 7.77. The number of nitrogens with zero attached hydrogens (tertiary/aromatic N) is 4. The van der Waals surface area contributed by atoms with Crippen LogP contribution in [0.3, 0.4) is 0 Å². The maximum Gasteiger partial charge on any atom is 0.407 e. The SMILES string of the molecule is C[C@H](Cn1cnc2c(N)ncnc21)OC(=O)NCCCCCCO[C@@H]1OC(CO)[C@@H](O[C@@H]2OC(CO)[C@H](O)[C@H](O)C2O)[C@H](O)C1O. The lowest BCUT2D eigenvalue weighted by atomic mass is 9.97. The number of rotatable bonds is 15. The van der Waals surface area contributed by atoms with Gasteiger partial charge in [-0.3, -0.25) is 0 Å². The maximum absolute atomic E-state index is 12.2. The Morgan fingerprint density at radius 1 is 0.935 bits per heavy atom. The fraction of sp³-hybridized carbons (Fsp3) is 0.778. The van der Waals surface area contributed by atoms with Crippen LogP contribution >= 0.6 is 0 Å². The van der Waals surface area contributed by atoms with Gasteiger partial charge in [-0.25, -0.2) is 19.7 Å². The molecule has 0 radical (unpaired) electrons. The van der Waals surface area contributed by atoms with E-state index in [1.165, 1.54) is 6.33 Å². The standard InChI is InChI=1S/C27H44N6O13/c1-13(8-33-12-32-16-23(28)30-11-31-24(16)33)43-27(41)29-6-4-2-3-5-7-42-25-21(40)19(38)22(15(10-35)45-25)46-26-20(39)18(37)17(36)14(9-34)44-26/h11-15,17-22,25-26,34-40H,2-10H2,1H3,(H,29,41)(H2,28,30,31)/t13-,14?,15?,17+,18+,19-,20?,21?,22-,25-,26+/m1/s1. The maximum atomic E-state index is 12.2. The van der Waals surface area contributed by atoms with E-state index in [0.29, 0.717) is 37.1 Å². The van der Waals surface area contributed by atoms with Crippen molar-refractivity contribution in [3.63, 3.8) is 0 Å². The molecule has 4 rings (SSSR count). The largest absolute Gasteiger partial charge is 0.445 e. The van der Waals surface area contributed by atoms with Crippen molar-refractivity contribution >= 4 is 23.1 Å². The van der Waals surface area contributed by atoms with Crippen molar-refractivity contribution in [1.82, 2.24) is 24.8 Å². The molecule has 0 bridgehead atoms. The van der Waals surface area contributed by atoms with Crippen LogP contribution in [0.4, 0.5) is 10.6 Å². The summed E-state index contributed by atoms with van der Waals surface area (Å²) in [6.07, 6.45) is -10.4. The van der Waals surface area contributed by atoms with E-state index < -0.39 is 86.8 Å². The van der Waals surface area contributed by atoms with Crippen molar-refractivity contribution in [2.24, 2.45) is 0 Å². The van der Waals surface area contributed by atoms with E-state index in [1.54, 1.807) is 17.8 Å². The lowest BCUT2D eigenvalue weighted by molar-refractivity contribution is -0.359. The molecule has 2 aromatic heterocycles. The van der Waals surface area contributed by atoms with Gasteiger partial charge in [-0.2, -0.15) is 0 Å². The molecule has 0 spiro atoms. The van der Waals surface area contributed by atoms with E-state index in [2.05, 4.69) is 20.3 Å². The van der Waals surface area contributed by atoms with Crippen molar-refractivity contribution in [2.75, 3.05) is 32.1 Å². The molecule has 19 nitrogen and oxygen atoms in total. The highest BCUT2D eigenvalue weighted by atomic mass is 16.7. The Labute approximate surface area is 263 Å². The zero-order chi connectivity index (χ0) is 33.4. The van der Waals surface area contributed by atoms with Gasteiger partial charge < -0.3 is 75.0 Å². The smallest absolute Gasteiger partial charge is 0.407 e. The van der Waals surface area contributed by atoms with Crippen LogP contribution in [0, 0.1) is 0 Å². The summed E-state index contributed by atoms with van der Waals surface area (Å²) in [5, 5.41) is 73.3. The van der Waals surface area contributed by atoms with Gasteiger partial charge in [0, 0.05) is 13.2 Å². The molecule has 0 aliphatic carbocycles. The number of nitrogens with one attached hydrogen (secondary N) is 1. The molecule has 2 saturated heterocycles. The minimum atomic E-state index is -1.74. The molecule has 4 unspecified atom stereocenters. The van der Waals surface area contributed by atoms with Crippen LogP contribution in [0.5, 0.6) is 0 Å². The Hall–Kier alpha value is -2.82. The summed E-state index contributed by atoms with van der Waals surface area (Å²) in [5.41, 5.74) is 6.82. The van der Waals surface area contributed by atoms with E-state index in [4.69, 9.17) is 29.4 Å². The number of hydrogen-bond donors (Lipinski definition) is 9. The van der Waals surface area contributed by atoms with Crippen molar-refractivity contribution < 1.29 is 64.2 Å². The molecular formula is C27H44N6O13. The third-order valence-electron chi connectivity index (χ3n) is 7.77. The summed E-state index contributed by atoms with van der Waals surface area (Å²) in [5.74, 6) is 0.270. The first kappa shape index (κ1) is 36.0. The fourth-order valence-corrected chi connectivity index (χ4v) is 5.23. The first-order chi connectivity index (χ1) is 22.0. The number of imidazole rings is 1. The average molecular weight is 661 g/mol. The number of nitrogens with two attached hydrogens (primary N) is 1. The first-order valence-electron chi connectivity index (χ1n) is 15.1. The summed E-state index contributed by atoms with van der Waals surface area (Å²) in [4.78, 5) is 24.4. The quantitative estimate of drug-likeness (QED) is 0.0847. The molecule has 11 atom stereocenters. The Bertz CT molecular complexity index is 1240. The highest BCUT2D eigenvalue weighted by Gasteiger charge is 2.50. The Kier molecular flexibility index (Phi) is 13.2. The normalized spacial score (nSPS) is 32.3. The molecule has 4 heterocycles. The molecule has 2 aliphatic heterocycles. The molecular weight excluding hydrogens is 616 g/mol. The van der Waals surface area contributed by atoms with Crippen molar-refractivity contribution in [3.05, 3.63) is 12.7 Å². The summed E-state index contributed by atoms with van der Waals surface area (Å²) in [7, 11) is 0. The summed E-state index contributed by atoms with van der Waals surface area (Å²) in [6, 6.07) is 0. The number of amides is 1. The Balaban J connectivity index is 1.10. The van der Waals surface area contributed by atoms with Gasteiger partial charge in [0.25, 0.3) is 0 Å². The van der Waals surface area contributed by atoms with Crippen LogP contribution in [0.1, 0.15) is 32.6 Å². The van der Waals surface area contributed by atoms with E-state index in [-0.39, 0.29) is 12.4 Å². The minimum Gasteiger partial charge on any atom is -0.445 e. The number of unbranched alkanes of at least 4 members (excludes halogenated alkanes) is 3. The number of hydrogen-bond acceptors (Lipinski definition) is 17. The Morgan fingerprint density at radius 3 is 2.37 bits per heavy atom. The van der Waals surface area contributed by atoms with Gasteiger partial charge >= 0.3 is 6.09 Å². The van der Waals surface area contributed by atoms with E-state index in [1.807, 2.05) is 0 Å². The van der Waals surface area contributed by atoms with Crippen molar-refractivity contribution in [3.8, 4) is 0 Å². The second kappa shape index (κ2) is 16.8. The topological polar surface area (TPSA) is 286 Å². The van der Waals surface area contributed by atoms with Crippen molar-refractivity contribution in [2.45, 2.75) is 107 Å². The molecule has 2 fully saturated rings. The van der Waals surface area contributed by atoms with Gasteiger partial charge in [0.15, 0.2) is 24.0 Å². The predicted octanol–water partition coefficient (Wildman–Crippen LogP) is -3.28. The number of ether oxygens (including phenoxy) is 5. The van der Waals surface area contributed by atoms with Crippen LogP contribution in [0.25, 0.3) is 11.2 Å². The highest BCUT2D eigenvalue weighted by Crippen LogP contribution is 2.29. The zero-order valence-electron chi connectivity index (χ0n) is 25.3. The molecule has 0 aromatic carbocycles. The zero-order valence-corrected chi connectivity index (χ0v) is 25.3. The number of aliphatic hydroxyl groups is 7. The monoisotopic (exact) mass is 660 g/mol. The molecule has 1 amide bonds. The van der Waals surface area contributed by atoms with Gasteiger partial charge in [0.1, 0.15) is 66.8 Å². The van der Waals surface area contributed by atoms with Crippen LogP contribution in [0.15, 0.2) is 12.7 Å². The fourth-order valence-electron chi connectivity index (χ4n) is 5.23. The van der Waals surface area contributed by atoms with Crippen molar-refractivity contribution in [1.29, 1.82) is 0 Å². The summed E-state index contributed by atoms with van der Waals surface area (Å²) in [6.45, 7) is 1.31. The van der Waals surface area contributed by atoms with E-state index >= 15 is 0 Å². The summed E-state index contributed by atoms with van der Waals surface area (Å²) >= 11 is 0. The van der Waals surface area contributed by atoms with Gasteiger partial charge in [0.05, 0.1) is 26.1 Å². The van der Waals surface area contributed by atoms with E-state index in [0.717, 1.165) is 12.8 Å². The molecule has 0 saturated carbocycles. The van der Waals surface area contributed by atoms with Crippen LogP contribution in [-0.2, 0) is 30.2 Å². The third kappa shape index (κ3) is 8.75. The number of fused-ring (bicyclic) bond motifs is 1. The number of carbonyl (C=O) groups is 1. The minimum absolute atomic E-state index is 0.164. The molecule has 10 N–H and O–H groups in total. The average Bonchev–Trinajstić information content (AvgIpc) is 3.45. The molecule has 19 heteroatoms. The van der Waals surface area contributed by atoms with Crippen LogP contribution in [-0.4, -0.2) is 155 Å². The van der Waals surface area contributed by atoms with E-state index in [9.17, 15) is 40.5 Å². The number of anilines is 1. The van der Waals surface area contributed by atoms with Gasteiger partial charge in [-0.15, -0.1) is 0 Å². The number of nitrogen functional groups attached to an aromatic ring is 1. The van der Waals surface area contributed by atoms with Gasteiger partial charge in [0.2, 0.25) is 0 Å². The van der Waals surface area contributed by atoms with Gasteiger partial charge in [-0.1, -0.05) is 12.8 Å². The number of carbonyl (C=O) groups excluding carboxylic acids is 1. The lowest BCUT2D eigenvalue weighted by Crippen LogP contribution is -2.64. The predicted molar refractivity (Wildman–Crippen MR) is 155 cm³/mol. The molecule has 46 heavy (non-hydrogen) atoms. The number of aliphatic hydroxyl groups excluding tert-OH is 7. The number of alkyl carbamates (subject to hydrolysis) is 1. The number of aromatic nitrogens is 4. The Morgan fingerprint density at radius 2 is 1.63 bits per heavy atom. The molecule has 2 aromatic rings. The highest BCUT2D eigenvalue weighted by molar-refractivity contribution is 5.81. The van der Waals surface area contributed by atoms with Crippen LogP contribution < -0.4 is 11.1 Å².